The van der Waals surface area contributed by atoms with Gasteiger partial charge in [-0.2, -0.15) is 0 Å². The van der Waals surface area contributed by atoms with Crippen LogP contribution < -0.4 is 0 Å². The van der Waals surface area contributed by atoms with Gasteiger partial charge in [-0.1, -0.05) is 27.5 Å². The predicted octanol–water partition coefficient (Wildman–Crippen LogP) is 4.01. The van der Waals surface area contributed by atoms with E-state index in [-0.39, 0.29) is 0 Å². The Bertz CT molecular complexity index is 575. The molecule has 5 heteroatoms. The number of rotatable bonds is 3. The normalized spacial score (nSPS) is 10.7. The van der Waals surface area contributed by atoms with Gasteiger partial charge in [-0.3, -0.25) is 0 Å². The van der Waals surface area contributed by atoms with Crippen molar-refractivity contribution in [2.75, 3.05) is 7.11 Å². The van der Waals surface area contributed by atoms with Crippen molar-refractivity contribution in [3.8, 4) is 11.4 Å². The summed E-state index contributed by atoms with van der Waals surface area (Å²) in [6.07, 6.45) is 0. The van der Waals surface area contributed by atoms with Crippen LogP contribution in [0.3, 0.4) is 0 Å². The van der Waals surface area contributed by atoms with E-state index in [4.69, 9.17) is 16.3 Å². The van der Waals surface area contributed by atoms with Crippen LogP contribution in [-0.2, 0) is 11.3 Å². The Kier molecular flexibility index (Phi) is 4.32. The molecule has 0 N–H and O–H groups in total. The largest absolute Gasteiger partial charge is 0.378 e. The lowest BCUT2D eigenvalue weighted by atomic mass is 10.1. The number of hydrogen-bond acceptors (Lipinski definition) is 3. The summed E-state index contributed by atoms with van der Waals surface area (Å²) in [4.78, 5) is 8.71. The topological polar surface area (TPSA) is 35.0 Å². The highest BCUT2D eigenvalue weighted by Crippen LogP contribution is 2.24. The summed E-state index contributed by atoms with van der Waals surface area (Å²) in [6.45, 7) is 2.44. The third kappa shape index (κ3) is 3.07. The van der Waals surface area contributed by atoms with Gasteiger partial charge in [0.05, 0.1) is 12.3 Å². The highest BCUT2D eigenvalue weighted by molar-refractivity contribution is 9.10. The fourth-order valence-electron chi connectivity index (χ4n) is 1.68. The molecular weight excluding hydrogens is 316 g/mol. The SMILES string of the molecule is COCc1cc(Cl)nc(-c2ccc(Br)cc2C)n1. The van der Waals surface area contributed by atoms with Crippen molar-refractivity contribution in [2.24, 2.45) is 0 Å². The second kappa shape index (κ2) is 5.78. The molecule has 0 aliphatic rings. The second-order valence-electron chi connectivity index (χ2n) is 3.90. The Labute approximate surface area is 119 Å². The molecule has 0 saturated heterocycles. The summed E-state index contributed by atoms with van der Waals surface area (Å²) in [5, 5.41) is 0.425. The molecule has 0 atom stereocenters. The van der Waals surface area contributed by atoms with Gasteiger partial charge in [0, 0.05) is 17.1 Å². The molecule has 0 fully saturated rings. The van der Waals surface area contributed by atoms with Gasteiger partial charge < -0.3 is 4.74 Å². The van der Waals surface area contributed by atoms with Gasteiger partial charge in [0.1, 0.15) is 5.15 Å². The molecule has 0 spiro atoms. The summed E-state index contributed by atoms with van der Waals surface area (Å²) in [7, 11) is 1.63. The first-order valence-electron chi connectivity index (χ1n) is 5.39. The molecule has 0 bridgehead atoms. The molecule has 0 saturated carbocycles. The highest BCUT2D eigenvalue weighted by atomic mass is 79.9. The number of halogens is 2. The number of hydrogen-bond donors (Lipinski definition) is 0. The van der Waals surface area contributed by atoms with Crippen molar-refractivity contribution < 1.29 is 4.74 Å². The zero-order chi connectivity index (χ0) is 13.1. The molecular formula is C13H12BrClN2O. The number of benzene rings is 1. The lowest BCUT2D eigenvalue weighted by Crippen LogP contribution is -1.98. The van der Waals surface area contributed by atoms with Crippen LogP contribution in [0, 0.1) is 6.92 Å². The molecule has 18 heavy (non-hydrogen) atoms. The van der Waals surface area contributed by atoms with Gasteiger partial charge in [0.2, 0.25) is 0 Å². The van der Waals surface area contributed by atoms with Crippen LogP contribution >= 0.6 is 27.5 Å². The van der Waals surface area contributed by atoms with E-state index in [0.29, 0.717) is 17.6 Å². The summed E-state index contributed by atoms with van der Waals surface area (Å²) in [5.41, 5.74) is 2.84. The predicted molar refractivity (Wildman–Crippen MR) is 75.6 cm³/mol. The molecule has 0 amide bonds. The fourth-order valence-corrected chi connectivity index (χ4v) is 2.37. The number of aryl methyl sites for hydroxylation is 1. The van der Waals surface area contributed by atoms with Crippen molar-refractivity contribution in [3.05, 3.63) is 45.1 Å². The Hall–Kier alpha value is -0.970. The maximum absolute atomic E-state index is 6.00. The van der Waals surface area contributed by atoms with Crippen LogP contribution in [0.25, 0.3) is 11.4 Å². The molecule has 1 heterocycles. The standard InChI is InChI=1S/C13H12BrClN2O/c1-8-5-9(14)3-4-11(8)13-16-10(7-18-2)6-12(15)17-13/h3-6H,7H2,1-2H3. The fraction of sp³-hybridized carbons (Fsp3) is 0.231. The molecule has 0 unspecified atom stereocenters. The second-order valence-corrected chi connectivity index (χ2v) is 5.20. The third-order valence-corrected chi connectivity index (χ3v) is 3.16. The Morgan fingerprint density at radius 1 is 1.28 bits per heavy atom. The molecule has 94 valence electrons. The number of methoxy groups -OCH3 is 1. The van der Waals surface area contributed by atoms with Crippen LogP contribution in [-0.4, -0.2) is 17.1 Å². The molecule has 0 aliphatic carbocycles. The Morgan fingerprint density at radius 2 is 2.06 bits per heavy atom. The zero-order valence-electron chi connectivity index (χ0n) is 10.1. The van der Waals surface area contributed by atoms with Gasteiger partial charge >= 0.3 is 0 Å². The minimum absolute atomic E-state index is 0.421. The lowest BCUT2D eigenvalue weighted by Gasteiger charge is -2.07. The lowest BCUT2D eigenvalue weighted by molar-refractivity contribution is 0.181. The minimum Gasteiger partial charge on any atom is -0.378 e. The number of aromatic nitrogens is 2. The average molecular weight is 328 g/mol. The van der Waals surface area contributed by atoms with Crippen molar-refractivity contribution >= 4 is 27.5 Å². The quantitative estimate of drug-likeness (QED) is 0.799. The zero-order valence-corrected chi connectivity index (χ0v) is 12.4. The molecule has 0 radical (unpaired) electrons. The molecule has 2 rings (SSSR count). The minimum atomic E-state index is 0.421. The van der Waals surface area contributed by atoms with Gasteiger partial charge in [-0.05, 0) is 36.8 Å². The summed E-state index contributed by atoms with van der Waals surface area (Å²) >= 11 is 9.44. The van der Waals surface area contributed by atoms with Gasteiger partial charge in [-0.15, -0.1) is 0 Å². The van der Waals surface area contributed by atoms with Crippen LogP contribution in [0.2, 0.25) is 5.15 Å². The van der Waals surface area contributed by atoms with Gasteiger partial charge in [0.25, 0.3) is 0 Å². The van der Waals surface area contributed by atoms with Gasteiger partial charge in [-0.25, -0.2) is 9.97 Å². The van der Waals surface area contributed by atoms with E-state index < -0.39 is 0 Å². The Balaban J connectivity index is 2.49. The molecule has 1 aromatic carbocycles. The molecule has 0 aliphatic heterocycles. The van der Waals surface area contributed by atoms with E-state index in [1.807, 2.05) is 25.1 Å². The first-order valence-corrected chi connectivity index (χ1v) is 6.56. The van der Waals surface area contributed by atoms with E-state index >= 15 is 0 Å². The van der Waals surface area contributed by atoms with Crippen LogP contribution in [0.4, 0.5) is 0 Å². The van der Waals surface area contributed by atoms with Crippen LogP contribution in [0.5, 0.6) is 0 Å². The van der Waals surface area contributed by atoms with E-state index in [1.54, 1.807) is 13.2 Å². The smallest absolute Gasteiger partial charge is 0.161 e. The van der Waals surface area contributed by atoms with E-state index in [0.717, 1.165) is 21.3 Å². The van der Waals surface area contributed by atoms with Crippen molar-refractivity contribution in [1.82, 2.24) is 9.97 Å². The summed E-state index contributed by atoms with van der Waals surface area (Å²) < 4.78 is 6.10. The van der Waals surface area contributed by atoms with Crippen LogP contribution in [0.15, 0.2) is 28.7 Å². The monoisotopic (exact) mass is 326 g/mol. The van der Waals surface area contributed by atoms with E-state index in [1.165, 1.54) is 0 Å². The molecule has 3 nitrogen and oxygen atoms in total. The first kappa shape index (κ1) is 13.5. The van der Waals surface area contributed by atoms with Crippen molar-refractivity contribution in [1.29, 1.82) is 0 Å². The molecule has 1 aromatic heterocycles. The van der Waals surface area contributed by atoms with E-state index in [9.17, 15) is 0 Å². The summed E-state index contributed by atoms with van der Waals surface area (Å²) in [5.74, 6) is 0.625. The average Bonchev–Trinajstić information content (AvgIpc) is 2.28. The maximum atomic E-state index is 6.00. The van der Waals surface area contributed by atoms with Crippen LogP contribution in [0.1, 0.15) is 11.3 Å². The first-order chi connectivity index (χ1) is 8.60. The number of ether oxygens (including phenoxy) is 1. The van der Waals surface area contributed by atoms with Gasteiger partial charge in [0.15, 0.2) is 5.82 Å². The van der Waals surface area contributed by atoms with Crippen molar-refractivity contribution in [2.45, 2.75) is 13.5 Å². The summed E-state index contributed by atoms with van der Waals surface area (Å²) in [6, 6.07) is 7.67. The number of nitrogens with zero attached hydrogens (tertiary/aromatic N) is 2. The van der Waals surface area contributed by atoms with Crippen molar-refractivity contribution in [3.63, 3.8) is 0 Å². The molecule has 2 aromatic rings. The van der Waals surface area contributed by atoms with E-state index in [2.05, 4.69) is 25.9 Å². The Morgan fingerprint density at radius 3 is 2.72 bits per heavy atom. The maximum Gasteiger partial charge on any atom is 0.161 e. The highest BCUT2D eigenvalue weighted by Gasteiger charge is 2.08. The third-order valence-electron chi connectivity index (χ3n) is 2.47.